The zero-order valence-electron chi connectivity index (χ0n) is 10.2. The Balaban J connectivity index is 1.90. The largest absolute Gasteiger partial charge is 0.305 e. The normalized spacial score (nSPS) is 10.7. The predicted octanol–water partition coefficient (Wildman–Crippen LogP) is 2.86. The van der Waals surface area contributed by atoms with Crippen LogP contribution in [0, 0.1) is 11.6 Å². The maximum Gasteiger partial charge on any atom is 0.259 e. The van der Waals surface area contributed by atoms with Crippen LogP contribution in [0.3, 0.4) is 0 Å². The highest BCUT2D eigenvalue weighted by Gasteiger charge is 2.14. The number of nitrogens with one attached hydrogen (secondary N) is 1. The molecule has 1 amide bonds. The molecule has 0 unspecified atom stereocenters. The van der Waals surface area contributed by atoms with Gasteiger partial charge in [0.05, 0.1) is 11.8 Å². The molecule has 0 atom stereocenters. The molecule has 3 aromatic rings. The summed E-state index contributed by atoms with van der Waals surface area (Å²) in [6.07, 6.45) is 3.35. The number of aromatic nitrogens is 2. The number of hydrogen-bond donors (Lipinski definition) is 1. The number of carbonyl (C=O) groups excluding carboxylic acids is 1. The number of anilines is 1. The molecule has 100 valence electrons. The first-order valence-electron chi connectivity index (χ1n) is 5.83. The fourth-order valence-electron chi connectivity index (χ4n) is 1.85. The van der Waals surface area contributed by atoms with E-state index in [0.717, 1.165) is 18.2 Å². The molecular weight excluding hydrogens is 264 g/mol. The van der Waals surface area contributed by atoms with Gasteiger partial charge in [-0.15, -0.1) is 0 Å². The Hall–Kier alpha value is -2.76. The third kappa shape index (κ3) is 2.23. The van der Waals surface area contributed by atoms with Gasteiger partial charge in [-0.2, -0.15) is 0 Å². The van der Waals surface area contributed by atoms with Crippen LogP contribution >= 0.6 is 0 Å². The van der Waals surface area contributed by atoms with Crippen molar-refractivity contribution in [2.45, 2.75) is 0 Å². The lowest BCUT2D eigenvalue weighted by molar-refractivity contribution is 0.102. The van der Waals surface area contributed by atoms with Crippen molar-refractivity contribution in [3.63, 3.8) is 0 Å². The number of carbonyl (C=O) groups is 1. The summed E-state index contributed by atoms with van der Waals surface area (Å²) in [5.74, 6) is -1.94. The van der Waals surface area contributed by atoms with E-state index in [9.17, 15) is 13.6 Å². The van der Waals surface area contributed by atoms with Gasteiger partial charge in [-0.05, 0) is 30.3 Å². The summed E-state index contributed by atoms with van der Waals surface area (Å²) in [6.45, 7) is 0. The smallest absolute Gasteiger partial charge is 0.259 e. The van der Waals surface area contributed by atoms with Crippen molar-refractivity contribution in [3.8, 4) is 0 Å². The number of imidazole rings is 1. The van der Waals surface area contributed by atoms with Crippen LogP contribution in [0.4, 0.5) is 14.6 Å². The number of benzene rings is 1. The molecule has 0 aliphatic carbocycles. The second-order valence-corrected chi connectivity index (χ2v) is 4.17. The van der Waals surface area contributed by atoms with E-state index in [2.05, 4.69) is 10.3 Å². The fraction of sp³-hybridized carbons (Fsp3) is 0. The maximum atomic E-state index is 13.5. The third-order valence-corrected chi connectivity index (χ3v) is 2.78. The van der Waals surface area contributed by atoms with Crippen LogP contribution in [0.25, 0.3) is 5.65 Å². The molecule has 0 saturated carbocycles. The Kier molecular flexibility index (Phi) is 2.90. The average molecular weight is 273 g/mol. The van der Waals surface area contributed by atoms with Gasteiger partial charge in [0, 0.05) is 6.20 Å². The van der Waals surface area contributed by atoms with E-state index < -0.39 is 17.5 Å². The van der Waals surface area contributed by atoms with Crippen LogP contribution in [-0.4, -0.2) is 15.3 Å². The SMILES string of the molecule is O=C(Nc1cn2ccccc2n1)c1cc(F)ccc1F. The maximum absolute atomic E-state index is 13.5. The van der Waals surface area contributed by atoms with E-state index in [0.29, 0.717) is 5.65 Å². The number of rotatable bonds is 2. The van der Waals surface area contributed by atoms with Crippen molar-refractivity contribution < 1.29 is 13.6 Å². The van der Waals surface area contributed by atoms with Crippen LogP contribution in [0.1, 0.15) is 10.4 Å². The Morgan fingerprint density at radius 2 is 2.05 bits per heavy atom. The lowest BCUT2D eigenvalue weighted by Crippen LogP contribution is -2.14. The van der Waals surface area contributed by atoms with Crippen LogP contribution < -0.4 is 5.32 Å². The Morgan fingerprint density at radius 1 is 1.20 bits per heavy atom. The minimum absolute atomic E-state index is 0.268. The Bertz CT molecular complexity index is 765. The van der Waals surface area contributed by atoms with Crippen molar-refractivity contribution in [1.82, 2.24) is 9.38 Å². The number of fused-ring (bicyclic) bond motifs is 1. The summed E-state index contributed by atoms with van der Waals surface area (Å²) in [5.41, 5.74) is 0.282. The van der Waals surface area contributed by atoms with Crippen LogP contribution in [-0.2, 0) is 0 Å². The van der Waals surface area contributed by atoms with Gasteiger partial charge in [0.25, 0.3) is 5.91 Å². The molecule has 0 spiro atoms. The van der Waals surface area contributed by atoms with E-state index in [1.165, 1.54) is 0 Å². The van der Waals surface area contributed by atoms with Gasteiger partial charge in [-0.1, -0.05) is 6.07 Å². The van der Waals surface area contributed by atoms with Gasteiger partial charge < -0.3 is 9.72 Å². The molecule has 1 aromatic carbocycles. The molecule has 20 heavy (non-hydrogen) atoms. The molecule has 0 aliphatic rings. The van der Waals surface area contributed by atoms with E-state index in [4.69, 9.17) is 0 Å². The topological polar surface area (TPSA) is 46.4 Å². The minimum Gasteiger partial charge on any atom is -0.305 e. The summed E-state index contributed by atoms with van der Waals surface area (Å²) < 4.78 is 28.2. The summed E-state index contributed by atoms with van der Waals surface area (Å²) >= 11 is 0. The second kappa shape index (κ2) is 4.73. The number of amides is 1. The monoisotopic (exact) mass is 273 g/mol. The quantitative estimate of drug-likeness (QED) is 0.780. The van der Waals surface area contributed by atoms with Crippen molar-refractivity contribution in [3.05, 3.63) is 66.0 Å². The molecule has 0 saturated heterocycles. The highest BCUT2D eigenvalue weighted by Crippen LogP contribution is 2.14. The highest BCUT2D eigenvalue weighted by molar-refractivity contribution is 6.04. The Morgan fingerprint density at radius 3 is 2.85 bits per heavy atom. The molecule has 2 aromatic heterocycles. The number of halogens is 2. The molecule has 0 fully saturated rings. The Labute approximate surface area is 112 Å². The molecule has 0 radical (unpaired) electrons. The summed E-state index contributed by atoms with van der Waals surface area (Å²) in [7, 11) is 0. The lowest BCUT2D eigenvalue weighted by Gasteiger charge is -2.03. The van der Waals surface area contributed by atoms with Crippen molar-refractivity contribution in [2.75, 3.05) is 5.32 Å². The standard InChI is InChI=1S/C14H9F2N3O/c15-9-4-5-11(16)10(7-9)14(20)18-12-8-19-6-2-1-3-13(19)17-12/h1-8H,(H,18,20). The molecule has 0 bridgehead atoms. The molecule has 4 nitrogen and oxygen atoms in total. The first-order valence-corrected chi connectivity index (χ1v) is 5.83. The highest BCUT2D eigenvalue weighted by atomic mass is 19.1. The molecule has 0 aliphatic heterocycles. The van der Waals surface area contributed by atoms with Gasteiger partial charge in [0.2, 0.25) is 0 Å². The third-order valence-electron chi connectivity index (χ3n) is 2.78. The zero-order valence-corrected chi connectivity index (χ0v) is 10.2. The van der Waals surface area contributed by atoms with Gasteiger partial charge in [-0.3, -0.25) is 4.79 Å². The van der Waals surface area contributed by atoms with Gasteiger partial charge >= 0.3 is 0 Å². The average Bonchev–Trinajstić information content (AvgIpc) is 2.83. The van der Waals surface area contributed by atoms with E-state index in [1.807, 2.05) is 6.07 Å². The van der Waals surface area contributed by atoms with Gasteiger partial charge in [-0.25, -0.2) is 13.8 Å². The van der Waals surface area contributed by atoms with Crippen molar-refractivity contribution in [1.29, 1.82) is 0 Å². The molecule has 3 rings (SSSR count). The summed E-state index contributed by atoms with van der Waals surface area (Å²) in [4.78, 5) is 16.0. The predicted molar refractivity (Wildman–Crippen MR) is 69.5 cm³/mol. The minimum atomic E-state index is -0.785. The zero-order chi connectivity index (χ0) is 14.1. The summed E-state index contributed by atoms with van der Waals surface area (Å²) in [6, 6.07) is 8.09. The molecule has 6 heteroatoms. The van der Waals surface area contributed by atoms with Crippen LogP contribution in [0.5, 0.6) is 0 Å². The van der Waals surface area contributed by atoms with Gasteiger partial charge in [0.15, 0.2) is 5.82 Å². The molecular formula is C14H9F2N3O. The van der Waals surface area contributed by atoms with Crippen LogP contribution in [0.15, 0.2) is 48.8 Å². The lowest BCUT2D eigenvalue weighted by atomic mass is 10.2. The van der Waals surface area contributed by atoms with Crippen molar-refractivity contribution in [2.24, 2.45) is 0 Å². The molecule has 2 heterocycles. The number of nitrogens with zero attached hydrogens (tertiary/aromatic N) is 2. The second-order valence-electron chi connectivity index (χ2n) is 4.17. The number of pyridine rings is 1. The fourth-order valence-corrected chi connectivity index (χ4v) is 1.85. The molecule has 1 N–H and O–H groups in total. The first kappa shape index (κ1) is 12.3. The van der Waals surface area contributed by atoms with Crippen LogP contribution in [0.2, 0.25) is 0 Å². The van der Waals surface area contributed by atoms with E-state index in [-0.39, 0.29) is 11.4 Å². The van der Waals surface area contributed by atoms with Crippen molar-refractivity contribution >= 4 is 17.4 Å². The number of hydrogen-bond acceptors (Lipinski definition) is 2. The summed E-state index contributed by atoms with van der Waals surface area (Å²) in [5, 5.41) is 2.44. The van der Waals surface area contributed by atoms with E-state index in [1.54, 1.807) is 28.9 Å². The first-order chi connectivity index (χ1) is 9.63. The van der Waals surface area contributed by atoms with Gasteiger partial charge in [0.1, 0.15) is 17.3 Å². The van der Waals surface area contributed by atoms with E-state index >= 15 is 0 Å².